The third kappa shape index (κ3) is 6.39. The van der Waals surface area contributed by atoms with Crippen LogP contribution in [-0.2, 0) is 4.79 Å². The Labute approximate surface area is 141 Å². The van der Waals surface area contributed by atoms with Crippen LogP contribution >= 0.6 is 0 Å². The highest BCUT2D eigenvalue weighted by Crippen LogP contribution is 2.12. The normalized spacial score (nSPS) is 13.5. The summed E-state index contributed by atoms with van der Waals surface area (Å²) in [5.41, 5.74) is 5.82. The molecule has 0 saturated carbocycles. The van der Waals surface area contributed by atoms with Crippen LogP contribution in [0.1, 0.15) is 13.3 Å². The number of aromatic nitrogens is 1. The Morgan fingerprint density at radius 1 is 1.58 bits per heavy atom. The first-order chi connectivity index (χ1) is 11.5. The summed E-state index contributed by atoms with van der Waals surface area (Å²) in [5.74, 6) is 0.716. The molecule has 0 radical (unpaired) electrons. The van der Waals surface area contributed by atoms with Crippen molar-refractivity contribution in [2.75, 3.05) is 32.2 Å². The molecule has 1 aromatic heterocycles. The van der Waals surface area contributed by atoms with Crippen LogP contribution in [0.4, 0.5) is 10.6 Å². The first-order valence-corrected chi connectivity index (χ1v) is 7.72. The maximum atomic E-state index is 11.7. The Balaban J connectivity index is 2.51. The molecule has 2 unspecified atom stereocenters. The van der Waals surface area contributed by atoms with E-state index >= 15 is 0 Å². The van der Waals surface area contributed by atoms with E-state index in [1.165, 1.54) is 11.2 Å². The van der Waals surface area contributed by atoms with Crippen molar-refractivity contribution in [2.24, 2.45) is 16.6 Å². The van der Waals surface area contributed by atoms with Gasteiger partial charge in [0.15, 0.2) is 0 Å². The smallest absolute Gasteiger partial charge is 0.347 e. The molecule has 1 heterocycles. The minimum absolute atomic E-state index is 0.0424. The van der Waals surface area contributed by atoms with E-state index in [1.54, 1.807) is 30.3 Å². The summed E-state index contributed by atoms with van der Waals surface area (Å²) in [7, 11) is 1.79. The second-order valence-electron chi connectivity index (χ2n) is 5.55. The highest BCUT2D eigenvalue weighted by molar-refractivity contribution is 5.93. The molecule has 1 aromatic rings. The first-order valence-electron chi connectivity index (χ1n) is 7.72. The van der Waals surface area contributed by atoms with Crippen molar-refractivity contribution in [3.8, 4) is 0 Å². The third-order valence-corrected chi connectivity index (χ3v) is 3.82. The van der Waals surface area contributed by atoms with Crippen molar-refractivity contribution in [1.82, 2.24) is 14.8 Å². The number of aliphatic imine (C=N–C) groups is 1. The Hall–Kier alpha value is -2.39. The number of H-pyrrole nitrogens is 1. The lowest BCUT2D eigenvalue weighted by Gasteiger charge is -2.31. The van der Waals surface area contributed by atoms with E-state index in [4.69, 9.17) is 10.8 Å². The summed E-state index contributed by atoms with van der Waals surface area (Å²) in [4.78, 5) is 32.2. The van der Waals surface area contributed by atoms with E-state index in [0.717, 1.165) is 0 Å². The quantitative estimate of drug-likeness (QED) is 0.211. The van der Waals surface area contributed by atoms with Crippen molar-refractivity contribution < 1.29 is 14.7 Å². The second kappa shape index (κ2) is 10.4. The topological polar surface area (TPSA) is 127 Å². The molecular formula is C15H26N6O3. The standard InChI is InChI=1S/C15H26N6O3/c1-12(5-7-21(10-22)11-23)13(8-16)20(2)9-18-15(24)19-14-4-3-6-17-14/h3-4,6,9-10,12-13,17,23H,5,7-8,11,16H2,1-2H3,(H,19,24). The highest BCUT2D eigenvalue weighted by atomic mass is 16.3. The number of rotatable bonds is 10. The lowest BCUT2D eigenvalue weighted by Crippen LogP contribution is -2.43. The molecule has 0 spiro atoms. The molecule has 0 aromatic carbocycles. The lowest BCUT2D eigenvalue weighted by atomic mass is 9.97. The summed E-state index contributed by atoms with van der Waals surface area (Å²) < 4.78 is 0. The average molecular weight is 338 g/mol. The highest BCUT2D eigenvalue weighted by Gasteiger charge is 2.19. The van der Waals surface area contributed by atoms with Crippen molar-refractivity contribution in [2.45, 2.75) is 19.4 Å². The fraction of sp³-hybridized carbons (Fsp3) is 0.533. The van der Waals surface area contributed by atoms with Gasteiger partial charge in [0.2, 0.25) is 6.41 Å². The summed E-state index contributed by atoms with van der Waals surface area (Å²) in [6, 6.07) is 2.97. The van der Waals surface area contributed by atoms with Crippen LogP contribution in [0.3, 0.4) is 0 Å². The molecule has 9 heteroatoms. The lowest BCUT2D eigenvalue weighted by molar-refractivity contribution is -0.121. The van der Waals surface area contributed by atoms with E-state index in [-0.39, 0.29) is 18.7 Å². The van der Waals surface area contributed by atoms with E-state index in [9.17, 15) is 9.59 Å². The van der Waals surface area contributed by atoms with Crippen LogP contribution < -0.4 is 11.1 Å². The molecule has 0 aliphatic heterocycles. The van der Waals surface area contributed by atoms with Gasteiger partial charge in [-0.15, -0.1) is 0 Å². The number of carbonyl (C=O) groups is 2. The molecule has 0 saturated heterocycles. The average Bonchev–Trinajstić information content (AvgIpc) is 3.07. The fourth-order valence-corrected chi connectivity index (χ4v) is 2.30. The number of hydrogen-bond acceptors (Lipinski definition) is 4. The molecule has 0 aliphatic rings. The van der Waals surface area contributed by atoms with Crippen molar-refractivity contribution in [3.05, 3.63) is 18.3 Å². The van der Waals surface area contributed by atoms with Crippen LogP contribution in [0.2, 0.25) is 0 Å². The molecule has 2 atom stereocenters. The summed E-state index contributed by atoms with van der Waals surface area (Å²) in [6.45, 7) is 2.51. The Morgan fingerprint density at radius 2 is 2.33 bits per heavy atom. The molecular weight excluding hydrogens is 312 g/mol. The predicted molar refractivity (Wildman–Crippen MR) is 92.5 cm³/mol. The zero-order valence-corrected chi connectivity index (χ0v) is 14.1. The number of nitrogens with two attached hydrogens (primary N) is 1. The van der Waals surface area contributed by atoms with Crippen molar-refractivity contribution in [3.63, 3.8) is 0 Å². The van der Waals surface area contributed by atoms with Crippen LogP contribution in [-0.4, -0.2) is 71.6 Å². The van der Waals surface area contributed by atoms with Crippen LogP contribution in [0.5, 0.6) is 0 Å². The van der Waals surface area contributed by atoms with Gasteiger partial charge >= 0.3 is 6.03 Å². The number of likely N-dealkylation sites (N-methyl/N-ethyl adjacent to an activating group) is 1. The number of aliphatic hydroxyl groups excluding tert-OH is 1. The van der Waals surface area contributed by atoms with Crippen LogP contribution in [0, 0.1) is 5.92 Å². The van der Waals surface area contributed by atoms with Crippen LogP contribution in [0.15, 0.2) is 23.3 Å². The number of aromatic amines is 1. The number of hydrogen-bond donors (Lipinski definition) is 4. The molecule has 24 heavy (non-hydrogen) atoms. The maximum Gasteiger partial charge on any atom is 0.347 e. The van der Waals surface area contributed by atoms with Gasteiger partial charge < -0.3 is 25.6 Å². The molecule has 5 N–H and O–H groups in total. The number of carbonyl (C=O) groups excluding carboxylic acids is 2. The SMILES string of the molecule is CC(CCN(C=O)CO)C(CN)N(C)C=NC(=O)Nc1ccc[nH]1. The molecule has 134 valence electrons. The van der Waals surface area contributed by atoms with Gasteiger partial charge in [0.05, 0.1) is 6.34 Å². The van der Waals surface area contributed by atoms with Gasteiger partial charge in [0.1, 0.15) is 12.5 Å². The Bertz CT molecular complexity index is 519. The molecule has 0 bridgehead atoms. The van der Waals surface area contributed by atoms with Gasteiger partial charge in [-0.3, -0.25) is 10.1 Å². The zero-order chi connectivity index (χ0) is 17.9. The number of nitrogens with one attached hydrogen (secondary N) is 2. The van der Waals surface area contributed by atoms with E-state index < -0.39 is 6.03 Å². The van der Waals surface area contributed by atoms with Crippen LogP contribution in [0.25, 0.3) is 0 Å². The minimum atomic E-state index is -0.486. The summed E-state index contributed by atoms with van der Waals surface area (Å²) in [5, 5.41) is 11.6. The van der Waals surface area contributed by atoms with E-state index in [0.29, 0.717) is 31.7 Å². The van der Waals surface area contributed by atoms with Gasteiger partial charge in [0.25, 0.3) is 0 Å². The molecule has 1 rings (SSSR count). The number of nitrogens with zero attached hydrogens (tertiary/aromatic N) is 3. The molecule has 3 amide bonds. The predicted octanol–water partition coefficient (Wildman–Crippen LogP) is 0.268. The van der Waals surface area contributed by atoms with Crippen molar-refractivity contribution in [1.29, 1.82) is 0 Å². The Kier molecular flexibility index (Phi) is 8.52. The van der Waals surface area contributed by atoms with E-state index in [1.807, 2.05) is 6.92 Å². The Morgan fingerprint density at radius 3 is 2.88 bits per heavy atom. The monoisotopic (exact) mass is 338 g/mol. The van der Waals surface area contributed by atoms with E-state index in [2.05, 4.69) is 15.3 Å². The van der Waals surface area contributed by atoms with Gasteiger partial charge in [-0.05, 0) is 24.5 Å². The number of anilines is 1. The number of amides is 3. The van der Waals surface area contributed by atoms with Gasteiger partial charge in [-0.2, -0.15) is 4.99 Å². The fourth-order valence-electron chi connectivity index (χ4n) is 2.30. The van der Waals surface area contributed by atoms with Gasteiger partial charge in [-0.25, -0.2) is 4.79 Å². The largest absolute Gasteiger partial charge is 0.376 e. The number of aliphatic hydroxyl groups is 1. The first kappa shape index (κ1) is 19.7. The maximum absolute atomic E-state index is 11.7. The molecule has 0 fully saturated rings. The summed E-state index contributed by atoms with van der Waals surface area (Å²) in [6.07, 6.45) is 4.43. The van der Waals surface area contributed by atoms with Gasteiger partial charge in [-0.1, -0.05) is 6.92 Å². The number of urea groups is 1. The second-order valence-corrected chi connectivity index (χ2v) is 5.55. The molecule has 9 nitrogen and oxygen atoms in total. The van der Waals surface area contributed by atoms with Crippen molar-refractivity contribution >= 4 is 24.6 Å². The minimum Gasteiger partial charge on any atom is -0.376 e. The third-order valence-electron chi connectivity index (χ3n) is 3.82. The summed E-state index contributed by atoms with van der Waals surface area (Å²) >= 11 is 0. The molecule has 0 aliphatic carbocycles. The zero-order valence-electron chi connectivity index (χ0n) is 14.1. The van der Waals surface area contributed by atoms with Gasteiger partial charge in [0, 0.05) is 32.4 Å².